The van der Waals surface area contributed by atoms with Gasteiger partial charge in [-0.2, -0.15) is 0 Å². The first-order chi connectivity index (χ1) is 11.0. The van der Waals surface area contributed by atoms with Gasteiger partial charge in [0, 0.05) is 12.5 Å². The minimum Gasteiger partial charge on any atom is -0.508 e. The lowest BCUT2D eigenvalue weighted by Crippen LogP contribution is -1.96. The molecule has 0 atom stereocenters. The Kier molecular flexibility index (Phi) is 7.64. The highest BCUT2D eigenvalue weighted by Crippen LogP contribution is 2.10. The fraction of sp³-hybridized carbons (Fsp3) is 0.111. The zero-order valence-corrected chi connectivity index (χ0v) is 12.4. The second kappa shape index (κ2) is 9.78. The van der Waals surface area contributed by atoms with Gasteiger partial charge in [0.2, 0.25) is 0 Å². The Morgan fingerprint density at radius 3 is 2.04 bits per heavy atom. The molecule has 0 radical (unpaired) electrons. The highest BCUT2D eigenvalue weighted by atomic mass is 16.4. The van der Waals surface area contributed by atoms with Crippen LogP contribution in [0.4, 0.5) is 0 Å². The van der Waals surface area contributed by atoms with Gasteiger partial charge in [-0.05, 0) is 35.8 Å². The lowest BCUT2D eigenvalue weighted by molar-refractivity contribution is -0.137. The van der Waals surface area contributed by atoms with Gasteiger partial charge in [0.1, 0.15) is 5.75 Å². The van der Waals surface area contributed by atoms with E-state index in [4.69, 9.17) is 15.3 Å². The number of carboxylic acids is 2. The van der Waals surface area contributed by atoms with Crippen molar-refractivity contribution in [2.24, 2.45) is 0 Å². The summed E-state index contributed by atoms with van der Waals surface area (Å²) in [5.41, 5.74) is 1.82. The molecule has 0 aliphatic rings. The summed E-state index contributed by atoms with van der Waals surface area (Å²) < 4.78 is 0. The molecule has 2 aromatic carbocycles. The molecule has 0 aliphatic carbocycles. The van der Waals surface area contributed by atoms with Crippen LogP contribution in [0.15, 0.2) is 60.7 Å². The molecule has 2 aromatic rings. The molecule has 0 aliphatic heterocycles. The van der Waals surface area contributed by atoms with Crippen molar-refractivity contribution < 1.29 is 24.9 Å². The molecule has 120 valence electrons. The molecule has 0 saturated carbocycles. The number of phenolic OH excluding ortho intramolecular Hbond substituents is 1. The van der Waals surface area contributed by atoms with E-state index < -0.39 is 11.9 Å². The number of carboxylic acid groups (broad SMARTS) is 2. The molecule has 0 spiro atoms. The number of aliphatic carboxylic acids is 2. The molecule has 3 N–H and O–H groups in total. The number of hydrogen-bond acceptors (Lipinski definition) is 3. The largest absolute Gasteiger partial charge is 0.508 e. The van der Waals surface area contributed by atoms with Crippen molar-refractivity contribution in [3.8, 4) is 5.75 Å². The van der Waals surface area contributed by atoms with E-state index in [9.17, 15) is 9.59 Å². The summed E-state index contributed by atoms with van der Waals surface area (Å²) in [4.78, 5) is 20.3. The molecule has 0 saturated heterocycles. The van der Waals surface area contributed by atoms with Crippen molar-refractivity contribution in [2.75, 3.05) is 0 Å². The second-order valence-corrected chi connectivity index (χ2v) is 4.64. The number of rotatable bonds is 5. The van der Waals surface area contributed by atoms with E-state index in [1.165, 1.54) is 18.2 Å². The van der Waals surface area contributed by atoms with E-state index in [-0.39, 0.29) is 12.2 Å². The molecule has 0 fully saturated rings. The molecule has 23 heavy (non-hydrogen) atoms. The third kappa shape index (κ3) is 8.72. The summed E-state index contributed by atoms with van der Waals surface area (Å²) in [6, 6.07) is 15.9. The van der Waals surface area contributed by atoms with Crippen molar-refractivity contribution in [2.45, 2.75) is 12.8 Å². The minimum atomic E-state index is -0.983. The van der Waals surface area contributed by atoms with E-state index >= 15 is 0 Å². The average molecular weight is 314 g/mol. The number of aryl methyl sites for hydroxylation is 1. The van der Waals surface area contributed by atoms with Crippen LogP contribution in [-0.4, -0.2) is 27.3 Å². The van der Waals surface area contributed by atoms with Gasteiger partial charge in [0.05, 0.1) is 0 Å². The van der Waals surface area contributed by atoms with Gasteiger partial charge in [-0.1, -0.05) is 42.5 Å². The van der Waals surface area contributed by atoms with E-state index in [0.717, 1.165) is 17.2 Å². The first-order valence-corrected chi connectivity index (χ1v) is 6.93. The van der Waals surface area contributed by atoms with Gasteiger partial charge in [-0.3, -0.25) is 4.79 Å². The van der Waals surface area contributed by atoms with E-state index in [0.29, 0.717) is 6.42 Å². The van der Waals surface area contributed by atoms with Crippen LogP contribution >= 0.6 is 0 Å². The Hall–Kier alpha value is -3.08. The Morgan fingerprint density at radius 2 is 1.52 bits per heavy atom. The van der Waals surface area contributed by atoms with Crippen LogP contribution in [0.2, 0.25) is 0 Å². The Labute approximate surface area is 134 Å². The third-order valence-corrected chi connectivity index (χ3v) is 2.78. The van der Waals surface area contributed by atoms with Crippen molar-refractivity contribution in [3.63, 3.8) is 0 Å². The molecule has 0 aromatic heterocycles. The fourth-order valence-electron chi connectivity index (χ4n) is 1.65. The van der Waals surface area contributed by atoms with Crippen molar-refractivity contribution >= 4 is 18.0 Å². The van der Waals surface area contributed by atoms with Crippen LogP contribution in [0.1, 0.15) is 17.5 Å². The van der Waals surface area contributed by atoms with Gasteiger partial charge in [-0.15, -0.1) is 0 Å². The highest BCUT2D eigenvalue weighted by Gasteiger charge is 1.96. The fourth-order valence-corrected chi connectivity index (χ4v) is 1.65. The van der Waals surface area contributed by atoms with Crippen molar-refractivity contribution in [1.82, 2.24) is 0 Å². The lowest BCUT2D eigenvalue weighted by Gasteiger charge is -1.95. The lowest BCUT2D eigenvalue weighted by atomic mass is 10.1. The van der Waals surface area contributed by atoms with Crippen LogP contribution in [0.5, 0.6) is 5.75 Å². The van der Waals surface area contributed by atoms with Gasteiger partial charge < -0.3 is 15.3 Å². The van der Waals surface area contributed by atoms with Gasteiger partial charge in [0.15, 0.2) is 0 Å². The standard InChI is InChI=1S/C9H8O3.C9H10O2/c10-8-4-1-7(2-5-8)3-6-9(11)12;10-9(11)7-6-8-4-2-1-3-5-8/h1-6,10H,(H,11,12);1-5H,6-7H2,(H,10,11). The van der Waals surface area contributed by atoms with Crippen LogP contribution in [0.25, 0.3) is 6.08 Å². The van der Waals surface area contributed by atoms with Crippen LogP contribution in [0.3, 0.4) is 0 Å². The van der Waals surface area contributed by atoms with Gasteiger partial charge in [0.25, 0.3) is 0 Å². The molecule has 2 rings (SSSR count). The van der Waals surface area contributed by atoms with E-state index in [1.807, 2.05) is 30.3 Å². The quantitative estimate of drug-likeness (QED) is 0.737. The minimum absolute atomic E-state index is 0.169. The summed E-state index contributed by atoms with van der Waals surface area (Å²) in [7, 11) is 0. The summed E-state index contributed by atoms with van der Waals surface area (Å²) in [6.45, 7) is 0. The summed E-state index contributed by atoms with van der Waals surface area (Å²) >= 11 is 0. The Balaban J connectivity index is 0.000000231. The van der Waals surface area contributed by atoms with Crippen LogP contribution < -0.4 is 0 Å². The number of hydrogen-bond donors (Lipinski definition) is 3. The molecule has 5 heteroatoms. The topological polar surface area (TPSA) is 94.8 Å². The molecule has 0 heterocycles. The zero-order valence-electron chi connectivity index (χ0n) is 12.4. The molecule has 0 amide bonds. The van der Waals surface area contributed by atoms with Crippen molar-refractivity contribution in [3.05, 3.63) is 71.8 Å². The average Bonchev–Trinajstić information content (AvgIpc) is 2.54. The van der Waals surface area contributed by atoms with E-state index in [1.54, 1.807) is 12.1 Å². The summed E-state index contributed by atoms with van der Waals surface area (Å²) in [5, 5.41) is 25.6. The third-order valence-electron chi connectivity index (χ3n) is 2.78. The van der Waals surface area contributed by atoms with Gasteiger partial charge >= 0.3 is 11.9 Å². The van der Waals surface area contributed by atoms with Crippen LogP contribution in [-0.2, 0) is 16.0 Å². The summed E-state index contributed by atoms with van der Waals surface area (Å²) in [5.74, 6) is -1.56. The molecule has 0 unspecified atom stereocenters. The van der Waals surface area contributed by atoms with E-state index in [2.05, 4.69) is 0 Å². The van der Waals surface area contributed by atoms with Crippen molar-refractivity contribution in [1.29, 1.82) is 0 Å². The molecular formula is C18H18O5. The number of benzene rings is 2. The SMILES string of the molecule is O=C(O)C=Cc1ccc(O)cc1.O=C(O)CCc1ccccc1. The first kappa shape index (κ1) is 18.0. The monoisotopic (exact) mass is 314 g/mol. The summed E-state index contributed by atoms with van der Waals surface area (Å²) in [6.07, 6.45) is 3.34. The Morgan fingerprint density at radius 1 is 0.913 bits per heavy atom. The predicted molar refractivity (Wildman–Crippen MR) is 87.2 cm³/mol. The predicted octanol–water partition coefficient (Wildman–Crippen LogP) is 3.19. The zero-order chi connectivity index (χ0) is 17.1. The first-order valence-electron chi connectivity index (χ1n) is 6.93. The normalized spacial score (nSPS) is 9.91. The smallest absolute Gasteiger partial charge is 0.328 e. The van der Waals surface area contributed by atoms with Gasteiger partial charge in [-0.25, -0.2) is 4.79 Å². The van der Waals surface area contributed by atoms with Crippen LogP contribution in [0, 0.1) is 0 Å². The Bertz CT molecular complexity index is 645. The highest BCUT2D eigenvalue weighted by molar-refractivity contribution is 5.85. The second-order valence-electron chi connectivity index (χ2n) is 4.64. The molecule has 0 bridgehead atoms. The number of aromatic hydroxyl groups is 1. The maximum atomic E-state index is 10.2. The molecule has 5 nitrogen and oxygen atoms in total. The maximum Gasteiger partial charge on any atom is 0.328 e. The number of carbonyl (C=O) groups is 2. The molecular weight excluding hydrogens is 296 g/mol. The maximum absolute atomic E-state index is 10.2. The number of phenols is 1.